The SMILES string of the molecule is Cc1ccc2ncn(C)c2c1. The number of hydrogen-bond donors (Lipinski definition) is 0. The maximum Gasteiger partial charge on any atom is 0.0955 e. The zero-order valence-corrected chi connectivity index (χ0v) is 6.70. The first-order valence-electron chi connectivity index (χ1n) is 3.65. The molecule has 0 amide bonds. The number of aromatic nitrogens is 2. The Morgan fingerprint density at radius 1 is 1.36 bits per heavy atom. The average Bonchev–Trinajstić information content (AvgIpc) is 2.33. The number of nitrogens with zero attached hydrogens (tertiary/aromatic N) is 2. The van der Waals surface area contributed by atoms with Crippen molar-refractivity contribution in [3.8, 4) is 0 Å². The zero-order chi connectivity index (χ0) is 7.84. The molecule has 0 atom stereocenters. The Labute approximate surface area is 65.5 Å². The summed E-state index contributed by atoms with van der Waals surface area (Å²) >= 11 is 0. The van der Waals surface area contributed by atoms with E-state index in [0.717, 1.165) is 5.52 Å². The first kappa shape index (κ1) is 6.40. The molecule has 0 bridgehead atoms. The molecular formula is C9H10N2. The van der Waals surface area contributed by atoms with Crippen molar-refractivity contribution >= 4 is 11.0 Å². The van der Waals surface area contributed by atoms with E-state index in [1.165, 1.54) is 11.1 Å². The van der Waals surface area contributed by atoms with E-state index in [1.807, 2.05) is 24.0 Å². The molecule has 0 N–H and O–H groups in total. The van der Waals surface area contributed by atoms with Crippen molar-refractivity contribution in [2.24, 2.45) is 7.05 Å². The Morgan fingerprint density at radius 2 is 2.18 bits per heavy atom. The van der Waals surface area contributed by atoms with Gasteiger partial charge in [-0.25, -0.2) is 4.98 Å². The van der Waals surface area contributed by atoms with Gasteiger partial charge in [-0.15, -0.1) is 0 Å². The van der Waals surface area contributed by atoms with Gasteiger partial charge in [-0.2, -0.15) is 0 Å². The molecule has 0 aliphatic heterocycles. The first-order chi connectivity index (χ1) is 5.27. The lowest BCUT2D eigenvalue weighted by molar-refractivity contribution is 0.947. The molecule has 0 radical (unpaired) electrons. The van der Waals surface area contributed by atoms with Gasteiger partial charge in [-0.05, 0) is 24.6 Å². The van der Waals surface area contributed by atoms with Crippen molar-refractivity contribution in [2.75, 3.05) is 0 Å². The fourth-order valence-corrected chi connectivity index (χ4v) is 1.24. The molecule has 2 heteroatoms. The maximum atomic E-state index is 4.22. The first-order valence-corrected chi connectivity index (χ1v) is 3.65. The van der Waals surface area contributed by atoms with Crippen LogP contribution in [0, 0.1) is 6.92 Å². The van der Waals surface area contributed by atoms with Crippen molar-refractivity contribution in [1.29, 1.82) is 0 Å². The van der Waals surface area contributed by atoms with E-state index in [0.29, 0.717) is 0 Å². The number of benzene rings is 1. The smallest absolute Gasteiger partial charge is 0.0955 e. The predicted octanol–water partition coefficient (Wildman–Crippen LogP) is 1.88. The average molecular weight is 146 g/mol. The Kier molecular flexibility index (Phi) is 1.22. The fraction of sp³-hybridized carbons (Fsp3) is 0.222. The minimum absolute atomic E-state index is 1.07. The highest BCUT2D eigenvalue weighted by Crippen LogP contribution is 2.12. The molecule has 56 valence electrons. The van der Waals surface area contributed by atoms with Gasteiger partial charge in [0.2, 0.25) is 0 Å². The van der Waals surface area contributed by atoms with Gasteiger partial charge >= 0.3 is 0 Å². The third-order valence-electron chi connectivity index (χ3n) is 1.88. The predicted molar refractivity (Wildman–Crippen MR) is 45.5 cm³/mol. The third-order valence-corrected chi connectivity index (χ3v) is 1.88. The van der Waals surface area contributed by atoms with Gasteiger partial charge < -0.3 is 4.57 Å². The summed E-state index contributed by atoms with van der Waals surface area (Å²) in [7, 11) is 2.01. The normalized spacial score (nSPS) is 10.7. The molecule has 0 saturated carbocycles. The highest BCUT2D eigenvalue weighted by atomic mass is 15.0. The second kappa shape index (κ2) is 2.09. The highest BCUT2D eigenvalue weighted by molar-refractivity contribution is 5.75. The third kappa shape index (κ3) is 0.909. The number of imidazole rings is 1. The van der Waals surface area contributed by atoms with Crippen LogP contribution in [0.25, 0.3) is 11.0 Å². The summed E-state index contributed by atoms with van der Waals surface area (Å²) < 4.78 is 2.03. The summed E-state index contributed by atoms with van der Waals surface area (Å²) in [4.78, 5) is 4.22. The van der Waals surface area contributed by atoms with Crippen LogP contribution in [0.5, 0.6) is 0 Å². The van der Waals surface area contributed by atoms with Crippen LogP contribution in [0.4, 0.5) is 0 Å². The molecule has 0 aliphatic carbocycles. The molecule has 0 aliphatic rings. The van der Waals surface area contributed by atoms with E-state index >= 15 is 0 Å². The number of hydrogen-bond acceptors (Lipinski definition) is 1. The summed E-state index contributed by atoms with van der Waals surface area (Å²) in [6.45, 7) is 2.09. The van der Waals surface area contributed by atoms with Gasteiger partial charge in [0.25, 0.3) is 0 Å². The summed E-state index contributed by atoms with van der Waals surface area (Å²) in [5.41, 5.74) is 3.55. The van der Waals surface area contributed by atoms with Crippen LogP contribution in [-0.2, 0) is 7.05 Å². The fourth-order valence-electron chi connectivity index (χ4n) is 1.24. The molecule has 2 nitrogen and oxygen atoms in total. The minimum atomic E-state index is 1.07. The van der Waals surface area contributed by atoms with Gasteiger partial charge in [0.15, 0.2) is 0 Å². The summed E-state index contributed by atoms with van der Waals surface area (Å²) in [5, 5.41) is 0. The summed E-state index contributed by atoms with van der Waals surface area (Å²) in [6.07, 6.45) is 1.84. The lowest BCUT2D eigenvalue weighted by Crippen LogP contribution is -1.83. The van der Waals surface area contributed by atoms with Gasteiger partial charge in [-0.1, -0.05) is 6.07 Å². The van der Waals surface area contributed by atoms with Gasteiger partial charge in [-0.3, -0.25) is 0 Å². The molecule has 0 saturated heterocycles. The van der Waals surface area contributed by atoms with Crippen molar-refractivity contribution in [2.45, 2.75) is 6.92 Å². The molecule has 2 aromatic rings. The quantitative estimate of drug-likeness (QED) is 0.555. The summed E-state index contributed by atoms with van der Waals surface area (Å²) in [5.74, 6) is 0. The number of aryl methyl sites for hydroxylation is 2. The topological polar surface area (TPSA) is 17.8 Å². The second-order valence-electron chi connectivity index (χ2n) is 2.85. The highest BCUT2D eigenvalue weighted by Gasteiger charge is 1.96. The molecule has 1 aromatic heterocycles. The van der Waals surface area contributed by atoms with Crippen LogP contribution in [0.1, 0.15) is 5.56 Å². The van der Waals surface area contributed by atoms with Crippen LogP contribution >= 0.6 is 0 Å². The Balaban J connectivity index is 2.87. The van der Waals surface area contributed by atoms with E-state index in [9.17, 15) is 0 Å². The molecule has 11 heavy (non-hydrogen) atoms. The lowest BCUT2D eigenvalue weighted by atomic mass is 10.2. The Morgan fingerprint density at radius 3 is 3.00 bits per heavy atom. The number of fused-ring (bicyclic) bond motifs is 1. The van der Waals surface area contributed by atoms with Gasteiger partial charge in [0.05, 0.1) is 17.4 Å². The largest absolute Gasteiger partial charge is 0.334 e. The van der Waals surface area contributed by atoms with Crippen molar-refractivity contribution in [3.63, 3.8) is 0 Å². The Bertz CT molecular complexity index is 387. The van der Waals surface area contributed by atoms with E-state index in [-0.39, 0.29) is 0 Å². The van der Waals surface area contributed by atoms with Crippen LogP contribution in [0.2, 0.25) is 0 Å². The van der Waals surface area contributed by atoms with Crippen LogP contribution in [0.15, 0.2) is 24.5 Å². The van der Waals surface area contributed by atoms with E-state index in [1.54, 1.807) is 0 Å². The van der Waals surface area contributed by atoms with Crippen molar-refractivity contribution in [1.82, 2.24) is 9.55 Å². The van der Waals surface area contributed by atoms with Gasteiger partial charge in [0.1, 0.15) is 0 Å². The van der Waals surface area contributed by atoms with Gasteiger partial charge in [0, 0.05) is 7.05 Å². The second-order valence-corrected chi connectivity index (χ2v) is 2.85. The Hall–Kier alpha value is -1.31. The van der Waals surface area contributed by atoms with Crippen LogP contribution in [0.3, 0.4) is 0 Å². The summed E-state index contributed by atoms with van der Waals surface area (Å²) in [6, 6.07) is 6.27. The van der Waals surface area contributed by atoms with E-state index in [4.69, 9.17) is 0 Å². The van der Waals surface area contributed by atoms with E-state index < -0.39 is 0 Å². The van der Waals surface area contributed by atoms with Crippen molar-refractivity contribution in [3.05, 3.63) is 30.1 Å². The van der Waals surface area contributed by atoms with E-state index in [2.05, 4.69) is 24.0 Å². The zero-order valence-electron chi connectivity index (χ0n) is 6.70. The number of rotatable bonds is 0. The van der Waals surface area contributed by atoms with Crippen LogP contribution < -0.4 is 0 Å². The minimum Gasteiger partial charge on any atom is -0.334 e. The molecule has 0 fully saturated rings. The molecule has 2 rings (SSSR count). The monoisotopic (exact) mass is 146 g/mol. The van der Waals surface area contributed by atoms with Crippen LogP contribution in [-0.4, -0.2) is 9.55 Å². The standard InChI is InChI=1S/C9H10N2/c1-7-3-4-8-9(5-7)11(2)6-10-8/h3-6H,1-2H3. The molecule has 0 unspecified atom stereocenters. The maximum absolute atomic E-state index is 4.22. The molecule has 0 spiro atoms. The molecular weight excluding hydrogens is 136 g/mol. The van der Waals surface area contributed by atoms with Crippen molar-refractivity contribution < 1.29 is 0 Å². The molecule has 1 aromatic carbocycles. The molecule has 1 heterocycles. The lowest BCUT2D eigenvalue weighted by Gasteiger charge is -1.94.